The van der Waals surface area contributed by atoms with Gasteiger partial charge in [-0.05, 0) is 46.3 Å². The van der Waals surface area contributed by atoms with Gasteiger partial charge >= 0.3 is 0 Å². The highest BCUT2D eigenvalue weighted by molar-refractivity contribution is 5.86. The number of likely N-dealkylation sites (N-methyl/N-ethyl adjacent to an activating group) is 1. The molecule has 0 aromatic carbocycles. The average Bonchev–Trinajstić information content (AvgIpc) is 2.59. The van der Waals surface area contributed by atoms with Gasteiger partial charge in [-0.15, -0.1) is 0 Å². The van der Waals surface area contributed by atoms with Crippen LogP contribution in [0.15, 0.2) is 0 Å². The summed E-state index contributed by atoms with van der Waals surface area (Å²) in [5, 5.41) is 3.36. The highest BCUT2D eigenvalue weighted by atomic mass is 16.2. The molecular formula is C12H23N3O. The van der Waals surface area contributed by atoms with Crippen molar-refractivity contribution in [1.29, 1.82) is 0 Å². The molecule has 4 nitrogen and oxygen atoms in total. The maximum absolute atomic E-state index is 12.4. The van der Waals surface area contributed by atoms with Crippen molar-refractivity contribution < 1.29 is 4.79 Å². The maximum Gasteiger partial charge on any atom is 0.242 e. The van der Waals surface area contributed by atoms with Gasteiger partial charge < -0.3 is 15.1 Å². The van der Waals surface area contributed by atoms with Crippen LogP contribution in [0.25, 0.3) is 0 Å². The molecule has 1 N–H and O–H groups in total. The van der Waals surface area contributed by atoms with Gasteiger partial charge in [-0.1, -0.05) is 0 Å². The molecule has 2 rings (SSSR count). The zero-order chi connectivity index (χ0) is 11.6. The molecule has 0 aliphatic carbocycles. The van der Waals surface area contributed by atoms with Crippen molar-refractivity contribution in [3.8, 4) is 0 Å². The molecule has 2 heterocycles. The fourth-order valence-electron chi connectivity index (χ4n) is 2.68. The molecule has 2 aliphatic heterocycles. The van der Waals surface area contributed by atoms with Gasteiger partial charge in [-0.2, -0.15) is 0 Å². The summed E-state index contributed by atoms with van der Waals surface area (Å²) in [7, 11) is 2.13. The monoisotopic (exact) mass is 225 g/mol. The summed E-state index contributed by atoms with van der Waals surface area (Å²) in [5.41, 5.74) is -0.289. The summed E-state index contributed by atoms with van der Waals surface area (Å²) in [6.07, 6.45) is 3.20. The van der Waals surface area contributed by atoms with Crippen molar-refractivity contribution in [2.24, 2.45) is 0 Å². The van der Waals surface area contributed by atoms with Crippen LogP contribution < -0.4 is 5.32 Å². The first kappa shape index (κ1) is 11.9. The third-order valence-corrected chi connectivity index (χ3v) is 3.85. The van der Waals surface area contributed by atoms with Crippen LogP contribution in [0.2, 0.25) is 0 Å². The zero-order valence-corrected chi connectivity index (χ0v) is 10.5. The Morgan fingerprint density at radius 1 is 1.19 bits per heavy atom. The second kappa shape index (κ2) is 4.72. The topological polar surface area (TPSA) is 35.6 Å². The van der Waals surface area contributed by atoms with Crippen LogP contribution in [0.4, 0.5) is 0 Å². The number of rotatable bonds is 1. The summed E-state index contributed by atoms with van der Waals surface area (Å²) < 4.78 is 0. The summed E-state index contributed by atoms with van der Waals surface area (Å²) in [4.78, 5) is 16.8. The predicted molar refractivity (Wildman–Crippen MR) is 64.3 cm³/mol. The first-order chi connectivity index (χ1) is 7.62. The van der Waals surface area contributed by atoms with Crippen LogP contribution in [0.5, 0.6) is 0 Å². The molecule has 1 atom stereocenters. The van der Waals surface area contributed by atoms with Gasteiger partial charge in [0.15, 0.2) is 0 Å². The Labute approximate surface area is 98.0 Å². The van der Waals surface area contributed by atoms with Crippen molar-refractivity contribution >= 4 is 5.91 Å². The SMILES string of the molecule is CN1CCCN(C(=O)C2(C)CCCN2)CC1. The number of hydrogen-bond acceptors (Lipinski definition) is 3. The van der Waals surface area contributed by atoms with E-state index in [2.05, 4.69) is 24.2 Å². The van der Waals surface area contributed by atoms with E-state index in [0.29, 0.717) is 5.91 Å². The number of nitrogens with zero attached hydrogens (tertiary/aromatic N) is 2. The Balaban J connectivity index is 1.98. The predicted octanol–water partition coefficient (Wildman–Crippen LogP) is 0.293. The van der Waals surface area contributed by atoms with Gasteiger partial charge in [0.2, 0.25) is 5.91 Å². The summed E-state index contributed by atoms with van der Waals surface area (Å²) in [6, 6.07) is 0. The minimum absolute atomic E-state index is 0.289. The molecule has 92 valence electrons. The standard InChI is InChI=1S/C12H23N3O/c1-12(5-3-6-13-12)11(16)15-8-4-7-14(2)9-10-15/h13H,3-10H2,1-2H3. The molecule has 4 heteroatoms. The molecule has 0 radical (unpaired) electrons. The minimum atomic E-state index is -0.289. The van der Waals surface area contributed by atoms with Gasteiger partial charge in [0.25, 0.3) is 0 Å². The Hall–Kier alpha value is -0.610. The first-order valence-electron chi connectivity index (χ1n) is 6.35. The second-order valence-electron chi connectivity index (χ2n) is 5.31. The molecule has 2 fully saturated rings. The lowest BCUT2D eigenvalue weighted by Gasteiger charge is -2.31. The van der Waals surface area contributed by atoms with E-state index in [4.69, 9.17) is 0 Å². The van der Waals surface area contributed by atoms with E-state index in [-0.39, 0.29) is 5.54 Å². The Morgan fingerprint density at radius 2 is 2.00 bits per heavy atom. The first-order valence-corrected chi connectivity index (χ1v) is 6.35. The van der Waals surface area contributed by atoms with Crippen LogP contribution in [0.3, 0.4) is 0 Å². The number of nitrogens with one attached hydrogen (secondary N) is 1. The molecule has 2 saturated heterocycles. The van der Waals surface area contributed by atoms with Crippen molar-refractivity contribution in [3.05, 3.63) is 0 Å². The average molecular weight is 225 g/mol. The molecule has 0 aromatic heterocycles. The van der Waals surface area contributed by atoms with E-state index in [9.17, 15) is 4.79 Å². The number of hydrogen-bond donors (Lipinski definition) is 1. The lowest BCUT2D eigenvalue weighted by Crippen LogP contribution is -2.53. The van der Waals surface area contributed by atoms with Crippen molar-refractivity contribution in [2.45, 2.75) is 31.7 Å². The third kappa shape index (κ3) is 2.38. The van der Waals surface area contributed by atoms with Gasteiger partial charge in [0.05, 0.1) is 5.54 Å². The molecule has 0 saturated carbocycles. The van der Waals surface area contributed by atoms with Crippen LogP contribution in [0.1, 0.15) is 26.2 Å². The molecule has 2 aliphatic rings. The van der Waals surface area contributed by atoms with E-state index >= 15 is 0 Å². The Bertz CT molecular complexity index is 261. The minimum Gasteiger partial charge on any atom is -0.340 e. The molecule has 0 bridgehead atoms. The van der Waals surface area contributed by atoms with Crippen molar-refractivity contribution in [3.63, 3.8) is 0 Å². The van der Waals surface area contributed by atoms with Crippen molar-refractivity contribution in [2.75, 3.05) is 39.8 Å². The summed E-state index contributed by atoms with van der Waals surface area (Å²) in [5.74, 6) is 0.306. The highest BCUT2D eigenvalue weighted by Gasteiger charge is 2.38. The lowest BCUT2D eigenvalue weighted by atomic mass is 9.98. The van der Waals surface area contributed by atoms with Gasteiger partial charge in [0, 0.05) is 19.6 Å². The van der Waals surface area contributed by atoms with Gasteiger partial charge in [0.1, 0.15) is 0 Å². The molecule has 0 aromatic rings. The smallest absolute Gasteiger partial charge is 0.242 e. The number of carbonyl (C=O) groups is 1. The van der Waals surface area contributed by atoms with Gasteiger partial charge in [-0.25, -0.2) is 0 Å². The molecule has 1 amide bonds. The van der Waals surface area contributed by atoms with Gasteiger partial charge in [-0.3, -0.25) is 4.79 Å². The summed E-state index contributed by atoms with van der Waals surface area (Å²) >= 11 is 0. The highest BCUT2D eigenvalue weighted by Crippen LogP contribution is 2.21. The normalized spacial score (nSPS) is 32.8. The zero-order valence-electron chi connectivity index (χ0n) is 10.5. The lowest BCUT2D eigenvalue weighted by molar-refractivity contribution is -0.137. The molecule has 16 heavy (non-hydrogen) atoms. The fourth-order valence-corrected chi connectivity index (χ4v) is 2.68. The quantitative estimate of drug-likeness (QED) is 0.697. The maximum atomic E-state index is 12.4. The van der Waals surface area contributed by atoms with Crippen LogP contribution in [-0.2, 0) is 4.79 Å². The van der Waals surface area contributed by atoms with Crippen LogP contribution in [-0.4, -0.2) is 61.0 Å². The van der Waals surface area contributed by atoms with E-state index in [1.54, 1.807) is 0 Å². The summed E-state index contributed by atoms with van der Waals surface area (Å²) in [6.45, 7) is 6.94. The van der Waals surface area contributed by atoms with Crippen LogP contribution >= 0.6 is 0 Å². The Morgan fingerprint density at radius 3 is 2.69 bits per heavy atom. The molecular weight excluding hydrogens is 202 g/mol. The molecule has 0 spiro atoms. The third-order valence-electron chi connectivity index (χ3n) is 3.85. The van der Waals surface area contributed by atoms with E-state index in [1.807, 2.05) is 4.90 Å². The number of carbonyl (C=O) groups excluding carboxylic acids is 1. The second-order valence-corrected chi connectivity index (χ2v) is 5.31. The molecule has 1 unspecified atom stereocenters. The van der Waals surface area contributed by atoms with E-state index in [1.165, 1.54) is 0 Å². The Kier molecular flexibility index (Phi) is 3.50. The van der Waals surface area contributed by atoms with E-state index < -0.39 is 0 Å². The fraction of sp³-hybridized carbons (Fsp3) is 0.917. The van der Waals surface area contributed by atoms with Crippen LogP contribution in [0, 0.1) is 0 Å². The van der Waals surface area contributed by atoms with E-state index in [0.717, 1.165) is 52.0 Å². The largest absolute Gasteiger partial charge is 0.340 e. The number of amides is 1. The van der Waals surface area contributed by atoms with Crippen molar-refractivity contribution in [1.82, 2.24) is 15.1 Å².